The molecule has 2 aliphatic rings. The van der Waals surface area contributed by atoms with Gasteiger partial charge in [0.25, 0.3) is 0 Å². The number of hydrogen-bond acceptors (Lipinski definition) is 3. The molecule has 2 N–H and O–H groups in total. The topological polar surface area (TPSA) is 38.5 Å². The lowest BCUT2D eigenvalue weighted by atomic mass is 9.80. The van der Waals surface area contributed by atoms with E-state index in [9.17, 15) is 0 Å². The van der Waals surface area contributed by atoms with Crippen molar-refractivity contribution in [1.29, 1.82) is 0 Å². The van der Waals surface area contributed by atoms with Crippen molar-refractivity contribution in [2.24, 2.45) is 11.1 Å². The van der Waals surface area contributed by atoms with Gasteiger partial charge in [-0.2, -0.15) is 0 Å². The lowest BCUT2D eigenvalue weighted by Crippen LogP contribution is -2.63. The minimum absolute atomic E-state index is 0.164. The van der Waals surface area contributed by atoms with Gasteiger partial charge in [-0.1, -0.05) is 13.8 Å². The molecule has 3 nitrogen and oxygen atoms in total. The summed E-state index contributed by atoms with van der Waals surface area (Å²) in [6.07, 6.45) is 3.81. The zero-order valence-electron chi connectivity index (χ0n) is 11.0. The molecule has 16 heavy (non-hydrogen) atoms. The van der Waals surface area contributed by atoms with Crippen molar-refractivity contribution < 1.29 is 4.74 Å². The molecule has 2 fully saturated rings. The van der Waals surface area contributed by atoms with Crippen molar-refractivity contribution >= 4 is 0 Å². The van der Waals surface area contributed by atoms with Crippen molar-refractivity contribution in [2.45, 2.75) is 51.6 Å². The summed E-state index contributed by atoms with van der Waals surface area (Å²) in [5, 5.41) is 0. The Labute approximate surface area is 99.3 Å². The largest absolute Gasteiger partial charge is 0.378 e. The molecule has 94 valence electrons. The van der Waals surface area contributed by atoms with E-state index in [1.165, 1.54) is 12.8 Å². The second kappa shape index (κ2) is 4.28. The van der Waals surface area contributed by atoms with Gasteiger partial charge in [0.1, 0.15) is 0 Å². The van der Waals surface area contributed by atoms with Crippen molar-refractivity contribution in [3.63, 3.8) is 0 Å². The molecule has 1 heterocycles. The van der Waals surface area contributed by atoms with E-state index in [0.29, 0.717) is 11.5 Å². The highest BCUT2D eigenvalue weighted by Crippen LogP contribution is 2.56. The summed E-state index contributed by atoms with van der Waals surface area (Å²) in [5.74, 6) is 0. The summed E-state index contributed by atoms with van der Waals surface area (Å²) in [6, 6.07) is 0.555. The molecule has 1 aliphatic heterocycles. The number of hydrogen-bond donors (Lipinski definition) is 1. The van der Waals surface area contributed by atoms with Gasteiger partial charge in [0, 0.05) is 24.7 Å². The number of morpholine rings is 1. The first-order chi connectivity index (χ1) is 7.57. The fourth-order valence-corrected chi connectivity index (χ4v) is 3.08. The van der Waals surface area contributed by atoms with Crippen LogP contribution in [-0.4, -0.2) is 42.8 Å². The van der Waals surface area contributed by atoms with Gasteiger partial charge in [0.2, 0.25) is 0 Å². The summed E-state index contributed by atoms with van der Waals surface area (Å²) in [4.78, 5) is 2.63. The molecule has 0 bridgehead atoms. The predicted molar refractivity (Wildman–Crippen MR) is 66.4 cm³/mol. The van der Waals surface area contributed by atoms with E-state index >= 15 is 0 Å². The van der Waals surface area contributed by atoms with E-state index in [1.807, 2.05) is 0 Å². The Bertz CT molecular complexity index is 252. The summed E-state index contributed by atoms with van der Waals surface area (Å²) >= 11 is 0. The second-order valence-corrected chi connectivity index (χ2v) is 5.87. The summed E-state index contributed by atoms with van der Waals surface area (Å²) in [7, 11) is 0. The average Bonchev–Trinajstić information content (AvgIpc) is 3.07. The smallest absolute Gasteiger partial charge is 0.0622 e. The highest BCUT2D eigenvalue weighted by Gasteiger charge is 2.56. The summed E-state index contributed by atoms with van der Waals surface area (Å²) < 4.78 is 5.59. The lowest BCUT2D eigenvalue weighted by Gasteiger charge is -2.51. The molecule has 2 atom stereocenters. The number of nitrogens with two attached hydrogens (primary N) is 1. The molecule has 0 aromatic rings. The van der Waals surface area contributed by atoms with Crippen LogP contribution in [0.1, 0.15) is 40.0 Å². The summed E-state index contributed by atoms with van der Waals surface area (Å²) in [5.41, 5.74) is 6.70. The monoisotopic (exact) mass is 226 g/mol. The molecule has 1 saturated carbocycles. The van der Waals surface area contributed by atoms with Crippen molar-refractivity contribution in [3.05, 3.63) is 0 Å². The first kappa shape index (κ1) is 12.3. The van der Waals surface area contributed by atoms with Crippen LogP contribution in [0.2, 0.25) is 0 Å². The summed E-state index contributed by atoms with van der Waals surface area (Å²) in [6.45, 7) is 10.5. The Morgan fingerprint density at radius 3 is 2.69 bits per heavy atom. The maximum absolute atomic E-state index is 6.10. The highest BCUT2D eigenvalue weighted by molar-refractivity contribution is 5.11. The van der Waals surface area contributed by atoms with Crippen LogP contribution in [0.3, 0.4) is 0 Å². The van der Waals surface area contributed by atoms with Crippen molar-refractivity contribution in [2.75, 3.05) is 26.3 Å². The molecule has 0 aromatic heterocycles. The van der Waals surface area contributed by atoms with Gasteiger partial charge in [-0.15, -0.1) is 0 Å². The Hall–Kier alpha value is -0.120. The van der Waals surface area contributed by atoms with Gasteiger partial charge in [-0.3, -0.25) is 4.90 Å². The molecule has 0 aromatic carbocycles. The van der Waals surface area contributed by atoms with Crippen LogP contribution in [-0.2, 0) is 4.74 Å². The van der Waals surface area contributed by atoms with Crippen LogP contribution >= 0.6 is 0 Å². The van der Waals surface area contributed by atoms with Gasteiger partial charge in [0.05, 0.1) is 13.2 Å². The van der Waals surface area contributed by atoms with Gasteiger partial charge < -0.3 is 10.5 Å². The number of nitrogens with zero attached hydrogens (tertiary/aromatic N) is 1. The van der Waals surface area contributed by atoms with Gasteiger partial charge in [-0.25, -0.2) is 0 Å². The molecular weight excluding hydrogens is 200 g/mol. The van der Waals surface area contributed by atoms with Gasteiger partial charge in [0.15, 0.2) is 0 Å². The standard InChI is InChI=1S/C13H26N2O/c1-4-11-9-16-8-7-15(11)13(3,10-14)12(2)5-6-12/h11H,4-10,14H2,1-3H3. The molecule has 0 spiro atoms. The van der Waals surface area contributed by atoms with Gasteiger partial charge in [-0.05, 0) is 31.6 Å². The zero-order valence-corrected chi connectivity index (χ0v) is 11.0. The highest BCUT2D eigenvalue weighted by atomic mass is 16.5. The minimum Gasteiger partial charge on any atom is -0.378 e. The van der Waals surface area contributed by atoms with E-state index in [-0.39, 0.29) is 5.54 Å². The third-order valence-electron chi connectivity index (χ3n) is 5.03. The molecule has 3 heteroatoms. The van der Waals surface area contributed by atoms with Gasteiger partial charge >= 0.3 is 0 Å². The van der Waals surface area contributed by atoms with E-state index < -0.39 is 0 Å². The van der Waals surface area contributed by atoms with Crippen LogP contribution in [0.15, 0.2) is 0 Å². The fourth-order valence-electron chi connectivity index (χ4n) is 3.08. The molecular formula is C13H26N2O. The second-order valence-electron chi connectivity index (χ2n) is 5.87. The SMILES string of the molecule is CCC1COCCN1C(C)(CN)C1(C)CC1. The fraction of sp³-hybridized carbons (Fsp3) is 1.00. The minimum atomic E-state index is 0.164. The first-order valence-corrected chi connectivity index (χ1v) is 6.62. The van der Waals surface area contributed by atoms with E-state index in [0.717, 1.165) is 32.7 Å². The van der Waals surface area contributed by atoms with Crippen molar-refractivity contribution in [1.82, 2.24) is 4.90 Å². The maximum Gasteiger partial charge on any atom is 0.0622 e. The maximum atomic E-state index is 6.10. The Morgan fingerprint density at radius 2 is 2.19 bits per heavy atom. The molecule has 1 saturated heterocycles. The van der Waals surface area contributed by atoms with E-state index in [4.69, 9.17) is 10.5 Å². The molecule has 1 aliphatic carbocycles. The normalized spacial score (nSPS) is 33.4. The zero-order chi connectivity index (χ0) is 11.8. The molecule has 2 rings (SSSR count). The van der Waals surface area contributed by atoms with E-state index in [1.54, 1.807) is 0 Å². The Kier molecular flexibility index (Phi) is 3.30. The molecule has 2 unspecified atom stereocenters. The number of ether oxygens (including phenoxy) is 1. The lowest BCUT2D eigenvalue weighted by molar-refractivity contribution is -0.0802. The Balaban J connectivity index is 2.18. The molecule has 0 radical (unpaired) electrons. The Morgan fingerprint density at radius 1 is 1.50 bits per heavy atom. The first-order valence-electron chi connectivity index (χ1n) is 6.62. The van der Waals surface area contributed by atoms with Crippen LogP contribution in [0.25, 0.3) is 0 Å². The third-order valence-corrected chi connectivity index (χ3v) is 5.03. The third kappa shape index (κ3) is 1.79. The van der Waals surface area contributed by atoms with Crippen LogP contribution in [0.5, 0.6) is 0 Å². The van der Waals surface area contributed by atoms with Crippen molar-refractivity contribution in [3.8, 4) is 0 Å². The predicted octanol–water partition coefficient (Wildman–Crippen LogP) is 1.61. The van der Waals surface area contributed by atoms with E-state index in [2.05, 4.69) is 25.7 Å². The van der Waals surface area contributed by atoms with Crippen LogP contribution in [0.4, 0.5) is 0 Å². The van der Waals surface area contributed by atoms with Crippen LogP contribution < -0.4 is 5.73 Å². The van der Waals surface area contributed by atoms with Crippen LogP contribution in [0, 0.1) is 5.41 Å². The molecule has 0 amide bonds. The quantitative estimate of drug-likeness (QED) is 0.791. The number of rotatable bonds is 4. The average molecular weight is 226 g/mol.